The van der Waals surface area contributed by atoms with Gasteiger partial charge in [0.25, 0.3) is 0 Å². The molecule has 0 aliphatic carbocycles. The number of aromatic nitrogens is 5. The fourth-order valence-electron chi connectivity index (χ4n) is 3.27. The molecule has 0 saturated heterocycles. The van der Waals surface area contributed by atoms with Crippen LogP contribution in [0.4, 0.5) is 14.6 Å². The predicted molar refractivity (Wildman–Crippen MR) is 119 cm³/mol. The van der Waals surface area contributed by atoms with Crippen molar-refractivity contribution in [2.24, 2.45) is 5.92 Å². The summed E-state index contributed by atoms with van der Waals surface area (Å²) in [6.45, 7) is 5.22. The van der Waals surface area contributed by atoms with Crippen molar-refractivity contribution >= 4 is 11.8 Å². The number of carbonyl (C=O) groups is 1. The van der Waals surface area contributed by atoms with Crippen molar-refractivity contribution < 1.29 is 23.2 Å². The van der Waals surface area contributed by atoms with Crippen LogP contribution in [0.2, 0.25) is 0 Å². The van der Waals surface area contributed by atoms with Crippen LogP contribution in [0.3, 0.4) is 0 Å². The lowest BCUT2D eigenvalue weighted by Gasteiger charge is -2.14. The van der Waals surface area contributed by atoms with Gasteiger partial charge in [-0.25, -0.2) is 18.7 Å². The number of nitrogens with one attached hydrogen (secondary N) is 1. The summed E-state index contributed by atoms with van der Waals surface area (Å²) in [4.78, 5) is 19.6. The average molecular weight is 466 g/mol. The minimum atomic E-state index is -1.08. The fourth-order valence-corrected chi connectivity index (χ4v) is 3.27. The molecule has 0 aliphatic rings. The van der Waals surface area contributed by atoms with Crippen LogP contribution in [0.1, 0.15) is 12.5 Å². The van der Waals surface area contributed by atoms with Crippen molar-refractivity contribution in [2.75, 3.05) is 11.9 Å². The lowest BCUT2D eigenvalue weighted by Crippen LogP contribution is -2.24. The van der Waals surface area contributed by atoms with Crippen LogP contribution < -0.4 is 5.32 Å². The van der Waals surface area contributed by atoms with Crippen molar-refractivity contribution in [1.29, 1.82) is 0 Å². The first-order chi connectivity index (χ1) is 16.3. The number of halogens is 2. The highest BCUT2D eigenvalue weighted by atomic mass is 19.1. The zero-order chi connectivity index (χ0) is 24.2. The van der Waals surface area contributed by atoms with Crippen LogP contribution in [0.25, 0.3) is 22.9 Å². The highest BCUT2D eigenvalue weighted by Crippen LogP contribution is 2.26. The van der Waals surface area contributed by atoms with E-state index < -0.39 is 17.7 Å². The van der Waals surface area contributed by atoms with Crippen LogP contribution >= 0.6 is 0 Å². The third-order valence-corrected chi connectivity index (χ3v) is 5.10. The molecule has 0 unspecified atom stereocenters. The molecule has 1 atom stereocenters. The van der Waals surface area contributed by atoms with E-state index in [0.717, 1.165) is 6.20 Å². The van der Waals surface area contributed by atoms with E-state index in [1.54, 1.807) is 37.3 Å². The molecule has 3 heterocycles. The van der Waals surface area contributed by atoms with Crippen LogP contribution in [-0.2, 0) is 11.3 Å². The van der Waals surface area contributed by atoms with Gasteiger partial charge >= 0.3 is 5.97 Å². The van der Waals surface area contributed by atoms with Crippen LogP contribution in [0.5, 0.6) is 0 Å². The molecular formula is C23H20F2N6O3. The molecule has 0 amide bonds. The summed E-state index contributed by atoms with van der Waals surface area (Å²) < 4.78 is 35.0. The Bertz CT molecular complexity index is 1320. The maximum Gasteiger partial charge on any atom is 0.312 e. The molecule has 0 radical (unpaired) electrons. The summed E-state index contributed by atoms with van der Waals surface area (Å²) in [5, 5.41) is 20.4. The Hall–Kier alpha value is -4.41. The molecule has 0 fully saturated rings. The largest absolute Gasteiger partial charge is 0.481 e. The molecule has 0 spiro atoms. The Morgan fingerprint density at radius 2 is 2.03 bits per heavy atom. The minimum Gasteiger partial charge on any atom is -0.481 e. The fraction of sp³-hybridized carbons (Fsp3) is 0.174. The number of benzene rings is 1. The van der Waals surface area contributed by atoms with E-state index >= 15 is 0 Å². The number of hydrogen-bond donors (Lipinski definition) is 2. The molecule has 9 nitrogen and oxygen atoms in total. The van der Waals surface area contributed by atoms with Crippen molar-refractivity contribution in [3.8, 4) is 22.9 Å². The highest BCUT2D eigenvalue weighted by Gasteiger charge is 2.21. The quantitative estimate of drug-likeness (QED) is 0.355. The van der Waals surface area contributed by atoms with Gasteiger partial charge in [-0.15, -0.1) is 0 Å². The van der Waals surface area contributed by atoms with E-state index in [0.29, 0.717) is 22.5 Å². The topological polar surface area (TPSA) is 119 Å². The summed E-state index contributed by atoms with van der Waals surface area (Å²) in [5.41, 5.74) is 2.08. The monoisotopic (exact) mass is 466 g/mol. The normalized spacial score (nSPS) is 11.9. The second kappa shape index (κ2) is 9.61. The third-order valence-electron chi connectivity index (χ3n) is 5.10. The summed E-state index contributed by atoms with van der Waals surface area (Å²) in [7, 11) is 0. The van der Waals surface area contributed by atoms with E-state index in [1.165, 1.54) is 17.0 Å². The molecule has 0 saturated carbocycles. The van der Waals surface area contributed by atoms with Crippen molar-refractivity contribution in [2.45, 2.75) is 13.5 Å². The number of anilines is 1. The average Bonchev–Trinajstić information content (AvgIpc) is 3.46. The minimum absolute atomic E-state index is 0.0862. The number of hydrogen-bond acceptors (Lipinski definition) is 7. The SMILES string of the molecule is C=C(C)[C@@H](CNc1nc(-c2cc(-c3ccon3)n(Cc3ccccc3F)n2)ncc1F)C(=O)O. The molecule has 0 bridgehead atoms. The first-order valence-electron chi connectivity index (χ1n) is 10.2. The van der Waals surface area contributed by atoms with Gasteiger partial charge in [-0.2, -0.15) is 5.10 Å². The maximum absolute atomic E-state index is 14.3. The molecule has 0 aliphatic heterocycles. The zero-order valence-corrected chi connectivity index (χ0v) is 18.1. The zero-order valence-electron chi connectivity index (χ0n) is 18.1. The lowest BCUT2D eigenvalue weighted by atomic mass is 10.0. The van der Waals surface area contributed by atoms with Crippen molar-refractivity contribution in [3.63, 3.8) is 0 Å². The molecule has 1 aromatic carbocycles. The first kappa shape index (κ1) is 22.8. The molecule has 34 heavy (non-hydrogen) atoms. The Morgan fingerprint density at radius 3 is 2.71 bits per heavy atom. The number of rotatable bonds is 9. The number of nitrogens with zero attached hydrogens (tertiary/aromatic N) is 5. The Balaban J connectivity index is 1.68. The third kappa shape index (κ3) is 4.82. The Morgan fingerprint density at radius 1 is 1.24 bits per heavy atom. The standard InChI is InChI=1S/C23H20F2N6O3/c1-13(2)15(23(32)33)10-26-21-17(25)11-27-22(28-21)19-9-20(18-7-8-34-30-18)31(29-19)12-14-5-3-4-6-16(14)24/h3-9,11,15H,1,10,12H2,2H3,(H,32,33)(H,26,27,28)/t15-/m1/s1. The number of carboxylic acids is 1. The molecular weight excluding hydrogens is 446 g/mol. The van der Waals surface area contributed by atoms with E-state index in [2.05, 4.69) is 32.1 Å². The van der Waals surface area contributed by atoms with E-state index in [9.17, 15) is 18.7 Å². The van der Waals surface area contributed by atoms with E-state index in [-0.39, 0.29) is 36.2 Å². The van der Waals surface area contributed by atoms with Gasteiger partial charge in [0.05, 0.1) is 24.4 Å². The van der Waals surface area contributed by atoms with Crippen LogP contribution in [-0.4, -0.2) is 42.5 Å². The van der Waals surface area contributed by atoms with Gasteiger partial charge < -0.3 is 14.9 Å². The van der Waals surface area contributed by atoms with Gasteiger partial charge in [-0.3, -0.25) is 9.48 Å². The van der Waals surface area contributed by atoms with Gasteiger partial charge in [0.15, 0.2) is 17.5 Å². The van der Waals surface area contributed by atoms with Crippen molar-refractivity contribution in [1.82, 2.24) is 24.9 Å². The highest BCUT2D eigenvalue weighted by molar-refractivity contribution is 5.74. The van der Waals surface area contributed by atoms with E-state index in [4.69, 9.17) is 4.52 Å². The van der Waals surface area contributed by atoms with Crippen molar-refractivity contribution in [3.05, 3.63) is 78.2 Å². The number of aliphatic carboxylic acids is 1. The second-order valence-corrected chi connectivity index (χ2v) is 7.56. The molecule has 174 valence electrons. The van der Waals surface area contributed by atoms with Gasteiger partial charge in [-0.05, 0) is 19.1 Å². The maximum atomic E-state index is 14.3. The molecule has 11 heteroatoms. The van der Waals surface area contributed by atoms with Gasteiger partial charge in [-0.1, -0.05) is 35.5 Å². The molecule has 3 aromatic heterocycles. The second-order valence-electron chi connectivity index (χ2n) is 7.56. The Labute approximate surface area is 192 Å². The van der Waals surface area contributed by atoms with Gasteiger partial charge in [0.2, 0.25) is 0 Å². The number of carboxylic acid groups (broad SMARTS) is 1. The summed E-state index contributed by atoms with van der Waals surface area (Å²) in [6.07, 6.45) is 2.36. The smallest absolute Gasteiger partial charge is 0.312 e. The summed E-state index contributed by atoms with van der Waals surface area (Å²) >= 11 is 0. The summed E-state index contributed by atoms with van der Waals surface area (Å²) in [5.74, 6) is -3.24. The lowest BCUT2D eigenvalue weighted by molar-refractivity contribution is -0.139. The van der Waals surface area contributed by atoms with Gasteiger partial charge in [0.1, 0.15) is 23.5 Å². The molecule has 4 rings (SSSR count). The van der Waals surface area contributed by atoms with E-state index in [1.807, 2.05) is 0 Å². The predicted octanol–water partition coefficient (Wildman–Crippen LogP) is 4.01. The van der Waals surface area contributed by atoms with Gasteiger partial charge in [0, 0.05) is 18.2 Å². The summed E-state index contributed by atoms with van der Waals surface area (Å²) in [6, 6.07) is 9.56. The van der Waals surface area contributed by atoms with Crippen LogP contribution in [0, 0.1) is 17.6 Å². The molecule has 2 N–H and O–H groups in total. The molecule has 4 aromatic rings. The van der Waals surface area contributed by atoms with Crippen LogP contribution in [0.15, 0.2) is 65.5 Å². The first-order valence-corrected chi connectivity index (χ1v) is 10.2. The Kier molecular flexibility index (Phi) is 6.44.